The number of benzene rings is 1. The summed E-state index contributed by atoms with van der Waals surface area (Å²) in [7, 11) is 3.47. The van der Waals surface area contributed by atoms with Gasteiger partial charge in [0.2, 0.25) is 5.91 Å². The summed E-state index contributed by atoms with van der Waals surface area (Å²) in [6.45, 7) is 3.90. The van der Waals surface area contributed by atoms with Crippen molar-refractivity contribution in [2.75, 3.05) is 32.1 Å². The fourth-order valence-corrected chi connectivity index (χ4v) is 3.19. The van der Waals surface area contributed by atoms with Crippen LogP contribution in [0.25, 0.3) is 0 Å². The normalized spacial score (nSPS) is 19.6. The van der Waals surface area contributed by atoms with E-state index in [0.717, 1.165) is 12.1 Å². The first-order valence-electron chi connectivity index (χ1n) is 8.43. The van der Waals surface area contributed by atoms with Crippen LogP contribution in [0.5, 0.6) is 11.5 Å². The molecule has 2 aromatic rings. The molecule has 134 valence electrons. The molecule has 1 saturated heterocycles. The fourth-order valence-electron chi connectivity index (χ4n) is 3.19. The highest BCUT2D eigenvalue weighted by Gasteiger charge is 2.34. The van der Waals surface area contributed by atoms with Crippen molar-refractivity contribution in [3.05, 3.63) is 36.2 Å². The van der Waals surface area contributed by atoms with E-state index in [1.54, 1.807) is 17.9 Å². The van der Waals surface area contributed by atoms with Gasteiger partial charge in [0.1, 0.15) is 0 Å². The quantitative estimate of drug-likeness (QED) is 0.835. The summed E-state index contributed by atoms with van der Waals surface area (Å²) in [5.41, 5.74) is 1.78. The first-order chi connectivity index (χ1) is 12.1. The number of nitrogens with zero attached hydrogens (tertiary/aromatic N) is 2. The number of carbonyl (C=O) groups is 1. The van der Waals surface area contributed by atoms with E-state index >= 15 is 0 Å². The van der Waals surface area contributed by atoms with Crippen LogP contribution >= 0.6 is 0 Å². The monoisotopic (exact) mass is 344 g/mol. The first-order valence-corrected chi connectivity index (χ1v) is 8.43. The Kier molecular flexibility index (Phi) is 5.23. The molecule has 2 atom stereocenters. The van der Waals surface area contributed by atoms with E-state index in [-0.39, 0.29) is 17.7 Å². The number of anilines is 1. The number of methoxy groups -OCH3 is 1. The summed E-state index contributed by atoms with van der Waals surface area (Å²) in [5.74, 6) is 1.25. The fraction of sp³-hybridized carbons (Fsp3) is 0.444. The number of carbonyl (C=O) groups excluding carboxylic acids is 1. The Bertz CT molecular complexity index is 744. The van der Waals surface area contributed by atoms with Crippen LogP contribution in [0.3, 0.4) is 0 Å². The van der Waals surface area contributed by atoms with Crippen molar-refractivity contribution in [2.45, 2.75) is 12.8 Å². The molecule has 1 aliphatic rings. The Hall–Kier alpha value is -2.54. The minimum Gasteiger partial charge on any atom is -0.493 e. The van der Waals surface area contributed by atoms with Gasteiger partial charge in [-0.2, -0.15) is 5.10 Å². The summed E-state index contributed by atoms with van der Waals surface area (Å²) >= 11 is 0. The van der Waals surface area contributed by atoms with Crippen LogP contribution in [-0.4, -0.2) is 42.5 Å². The summed E-state index contributed by atoms with van der Waals surface area (Å²) in [4.78, 5) is 12.8. The predicted molar refractivity (Wildman–Crippen MR) is 95.1 cm³/mol. The molecule has 1 aliphatic heterocycles. The van der Waals surface area contributed by atoms with E-state index < -0.39 is 0 Å². The van der Waals surface area contributed by atoms with Gasteiger partial charge in [-0.05, 0) is 24.6 Å². The SMILES string of the molecule is CCOc1ccc(NC(=O)[C@H]2CNC[C@@H]2c2cnn(C)c2)cc1OC. The van der Waals surface area contributed by atoms with E-state index in [1.807, 2.05) is 38.5 Å². The molecule has 0 unspecified atom stereocenters. The Morgan fingerprint density at radius 3 is 2.92 bits per heavy atom. The van der Waals surface area contributed by atoms with Gasteiger partial charge in [0, 0.05) is 44.0 Å². The van der Waals surface area contributed by atoms with Crippen LogP contribution in [0.4, 0.5) is 5.69 Å². The van der Waals surface area contributed by atoms with E-state index in [4.69, 9.17) is 9.47 Å². The Balaban J connectivity index is 1.73. The van der Waals surface area contributed by atoms with Gasteiger partial charge in [0.15, 0.2) is 11.5 Å². The molecule has 2 heterocycles. The van der Waals surface area contributed by atoms with Gasteiger partial charge in [-0.3, -0.25) is 9.48 Å². The lowest BCUT2D eigenvalue weighted by atomic mass is 9.90. The van der Waals surface area contributed by atoms with Crippen molar-refractivity contribution in [2.24, 2.45) is 13.0 Å². The van der Waals surface area contributed by atoms with E-state index in [0.29, 0.717) is 30.3 Å². The molecular formula is C18H24N4O3. The third kappa shape index (κ3) is 3.76. The lowest BCUT2D eigenvalue weighted by Gasteiger charge is -2.18. The minimum absolute atomic E-state index is 0.00920. The Morgan fingerprint density at radius 2 is 2.24 bits per heavy atom. The zero-order valence-electron chi connectivity index (χ0n) is 14.8. The average molecular weight is 344 g/mol. The van der Waals surface area contributed by atoms with Crippen molar-refractivity contribution < 1.29 is 14.3 Å². The number of nitrogens with one attached hydrogen (secondary N) is 2. The Labute approximate surface area is 147 Å². The van der Waals surface area contributed by atoms with Gasteiger partial charge in [-0.15, -0.1) is 0 Å². The van der Waals surface area contributed by atoms with Crippen molar-refractivity contribution in [1.82, 2.24) is 15.1 Å². The van der Waals surface area contributed by atoms with Crippen LogP contribution in [0.1, 0.15) is 18.4 Å². The molecule has 1 amide bonds. The van der Waals surface area contributed by atoms with Crippen molar-refractivity contribution in [3.8, 4) is 11.5 Å². The number of aryl methyl sites for hydroxylation is 1. The summed E-state index contributed by atoms with van der Waals surface area (Å²) < 4.78 is 12.6. The van der Waals surface area contributed by atoms with Gasteiger partial charge in [0.25, 0.3) is 0 Å². The van der Waals surface area contributed by atoms with Crippen LogP contribution in [-0.2, 0) is 11.8 Å². The third-order valence-corrected chi connectivity index (χ3v) is 4.43. The molecule has 1 fully saturated rings. The van der Waals surface area contributed by atoms with Gasteiger partial charge in [0.05, 0.1) is 25.8 Å². The third-order valence-electron chi connectivity index (χ3n) is 4.43. The smallest absolute Gasteiger partial charge is 0.229 e. The highest BCUT2D eigenvalue weighted by atomic mass is 16.5. The number of rotatable bonds is 6. The molecule has 0 bridgehead atoms. The minimum atomic E-state index is -0.137. The van der Waals surface area contributed by atoms with Gasteiger partial charge >= 0.3 is 0 Å². The van der Waals surface area contributed by atoms with Crippen molar-refractivity contribution in [1.29, 1.82) is 0 Å². The molecular weight excluding hydrogens is 320 g/mol. The standard InChI is InChI=1S/C18H24N4O3/c1-4-25-16-6-5-13(7-17(16)24-3)21-18(23)15-10-19-9-14(15)12-8-20-22(2)11-12/h5-8,11,14-15,19H,4,9-10H2,1-3H3,(H,21,23)/t14-,15+/m1/s1. The zero-order valence-corrected chi connectivity index (χ0v) is 14.8. The number of hydrogen-bond donors (Lipinski definition) is 2. The summed E-state index contributed by atoms with van der Waals surface area (Å²) in [6.07, 6.45) is 3.80. The predicted octanol–water partition coefficient (Wildman–Crippen LogP) is 1.77. The summed E-state index contributed by atoms with van der Waals surface area (Å²) in [5, 5.41) is 10.5. The molecule has 25 heavy (non-hydrogen) atoms. The van der Waals surface area contributed by atoms with E-state index in [9.17, 15) is 4.79 Å². The van der Waals surface area contributed by atoms with E-state index in [1.165, 1.54) is 0 Å². The van der Waals surface area contributed by atoms with Crippen molar-refractivity contribution in [3.63, 3.8) is 0 Å². The molecule has 0 spiro atoms. The number of ether oxygens (including phenoxy) is 2. The molecule has 7 heteroatoms. The Morgan fingerprint density at radius 1 is 1.40 bits per heavy atom. The second-order valence-corrected chi connectivity index (χ2v) is 6.11. The van der Waals surface area contributed by atoms with Gasteiger partial charge < -0.3 is 20.1 Å². The number of amides is 1. The van der Waals surface area contributed by atoms with E-state index in [2.05, 4.69) is 15.7 Å². The highest BCUT2D eigenvalue weighted by Crippen LogP contribution is 2.32. The molecule has 0 aliphatic carbocycles. The summed E-state index contributed by atoms with van der Waals surface area (Å²) in [6, 6.07) is 5.42. The molecule has 0 saturated carbocycles. The molecule has 1 aromatic carbocycles. The lowest BCUT2D eigenvalue weighted by molar-refractivity contribution is -0.119. The average Bonchev–Trinajstić information content (AvgIpc) is 3.25. The number of aromatic nitrogens is 2. The molecule has 3 rings (SSSR count). The lowest BCUT2D eigenvalue weighted by Crippen LogP contribution is -2.28. The first kappa shape index (κ1) is 17.3. The molecule has 2 N–H and O–H groups in total. The highest BCUT2D eigenvalue weighted by molar-refractivity contribution is 5.94. The van der Waals surface area contributed by atoms with Crippen LogP contribution < -0.4 is 20.1 Å². The van der Waals surface area contributed by atoms with Crippen LogP contribution in [0.2, 0.25) is 0 Å². The van der Waals surface area contributed by atoms with Gasteiger partial charge in [-0.25, -0.2) is 0 Å². The van der Waals surface area contributed by atoms with Gasteiger partial charge in [-0.1, -0.05) is 0 Å². The second-order valence-electron chi connectivity index (χ2n) is 6.11. The number of hydrogen-bond acceptors (Lipinski definition) is 5. The maximum Gasteiger partial charge on any atom is 0.229 e. The zero-order chi connectivity index (χ0) is 17.8. The molecule has 0 radical (unpaired) electrons. The molecule has 1 aromatic heterocycles. The largest absolute Gasteiger partial charge is 0.493 e. The maximum atomic E-state index is 12.8. The second kappa shape index (κ2) is 7.57. The topological polar surface area (TPSA) is 77.4 Å². The van der Waals surface area contributed by atoms with Crippen LogP contribution in [0, 0.1) is 5.92 Å². The molecule has 7 nitrogen and oxygen atoms in total. The van der Waals surface area contributed by atoms with Crippen LogP contribution in [0.15, 0.2) is 30.6 Å². The maximum absolute atomic E-state index is 12.8. The van der Waals surface area contributed by atoms with Crippen molar-refractivity contribution >= 4 is 11.6 Å².